The van der Waals surface area contributed by atoms with Crippen LogP contribution in [0, 0.1) is 0 Å². The Balaban J connectivity index is 0.000000686. The normalized spacial score (nSPS) is 12.6. The van der Waals surface area contributed by atoms with E-state index < -0.39 is 0 Å². The molecule has 0 fully saturated rings. The van der Waals surface area contributed by atoms with Crippen molar-refractivity contribution >= 4 is 23.2 Å². The van der Waals surface area contributed by atoms with Gasteiger partial charge in [-0.05, 0) is 18.1 Å². The minimum absolute atomic E-state index is 0.0245. The number of nitrogens with zero attached hydrogens (tertiary/aromatic N) is 1. The summed E-state index contributed by atoms with van der Waals surface area (Å²) in [6, 6.07) is 5.79. The van der Waals surface area contributed by atoms with Crippen LogP contribution in [-0.4, -0.2) is 25.4 Å². The van der Waals surface area contributed by atoms with Crippen molar-refractivity contribution in [3.63, 3.8) is 0 Å². The number of rotatable bonds is 2. The largest absolute Gasteiger partial charge is 0.497 e. The monoisotopic (exact) mass is 255 g/mol. The van der Waals surface area contributed by atoms with Gasteiger partial charge in [-0.25, -0.2) is 0 Å². The fraction of sp³-hybridized carbons (Fsp3) is 0.462. The van der Waals surface area contributed by atoms with E-state index in [0.717, 1.165) is 17.9 Å². The number of benzene rings is 1. The van der Waals surface area contributed by atoms with Gasteiger partial charge >= 0.3 is 0 Å². The minimum atomic E-state index is -0.0522. The van der Waals surface area contributed by atoms with E-state index in [2.05, 4.69) is 0 Å². The summed E-state index contributed by atoms with van der Waals surface area (Å²) in [5, 5.41) is 0. The van der Waals surface area contributed by atoms with Crippen LogP contribution in [0.25, 0.3) is 0 Å². The van der Waals surface area contributed by atoms with Gasteiger partial charge in [0, 0.05) is 12.6 Å². The molecule has 0 aromatic heterocycles. The van der Waals surface area contributed by atoms with Crippen LogP contribution >= 0.6 is 11.6 Å². The summed E-state index contributed by atoms with van der Waals surface area (Å²) in [6.45, 7) is 4.72. The number of amides is 1. The van der Waals surface area contributed by atoms with Gasteiger partial charge in [-0.1, -0.05) is 19.9 Å². The van der Waals surface area contributed by atoms with Crippen molar-refractivity contribution in [2.45, 2.75) is 20.3 Å². The van der Waals surface area contributed by atoms with Crippen LogP contribution in [0.4, 0.5) is 5.69 Å². The van der Waals surface area contributed by atoms with Crippen LogP contribution in [0.3, 0.4) is 0 Å². The first-order chi connectivity index (χ1) is 8.26. The number of carbonyl (C=O) groups is 1. The fourth-order valence-corrected chi connectivity index (χ4v) is 1.96. The number of alkyl halides is 1. The highest BCUT2D eigenvalue weighted by molar-refractivity contribution is 6.29. The molecule has 0 N–H and O–H groups in total. The molecule has 0 spiro atoms. The Kier molecular flexibility index (Phi) is 5.29. The molecule has 1 heterocycles. The summed E-state index contributed by atoms with van der Waals surface area (Å²) in [7, 11) is 1.62. The zero-order valence-corrected chi connectivity index (χ0v) is 11.3. The third kappa shape index (κ3) is 2.91. The van der Waals surface area contributed by atoms with Gasteiger partial charge in [0.15, 0.2) is 0 Å². The maximum atomic E-state index is 11.5. The minimum Gasteiger partial charge on any atom is -0.497 e. The van der Waals surface area contributed by atoms with E-state index in [9.17, 15) is 4.79 Å². The zero-order chi connectivity index (χ0) is 12.8. The second kappa shape index (κ2) is 6.50. The quantitative estimate of drug-likeness (QED) is 0.761. The standard InChI is InChI=1S/C11H12ClNO2.C2H6/c1-15-9-3-2-8-4-5-13(10(8)6-9)11(14)7-12;1-2/h2-3,6H,4-5,7H2,1H3;1-2H3. The molecule has 4 heteroatoms. The first-order valence-electron chi connectivity index (χ1n) is 5.79. The first kappa shape index (κ1) is 13.8. The van der Waals surface area contributed by atoms with E-state index in [1.165, 1.54) is 5.56 Å². The second-order valence-electron chi connectivity index (χ2n) is 3.42. The third-order valence-electron chi connectivity index (χ3n) is 2.60. The summed E-state index contributed by atoms with van der Waals surface area (Å²) >= 11 is 5.55. The average molecular weight is 256 g/mol. The van der Waals surface area contributed by atoms with Crippen LogP contribution in [0.2, 0.25) is 0 Å². The lowest BCUT2D eigenvalue weighted by molar-refractivity contribution is -0.116. The predicted octanol–water partition coefficient (Wildman–Crippen LogP) is 2.85. The first-order valence-corrected chi connectivity index (χ1v) is 6.33. The third-order valence-corrected chi connectivity index (χ3v) is 2.83. The smallest absolute Gasteiger partial charge is 0.241 e. The molecule has 0 aliphatic carbocycles. The van der Waals surface area contributed by atoms with Crippen molar-refractivity contribution in [3.05, 3.63) is 23.8 Å². The van der Waals surface area contributed by atoms with E-state index in [0.29, 0.717) is 6.54 Å². The molecule has 0 saturated heterocycles. The van der Waals surface area contributed by atoms with E-state index >= 15 is 0 Å². The fourth-order valence-electron chi connectivity index (χ4n) is 1.82. The van der Waals surface area contributed by atoms with Crippen LogP contribution in [0.5, 0.6) is 5.75 Å². The van der Waals surface area contributed by atoms with Gasteiger partial charge in [-0.15, -0.1) is 11.6 Å². The maximum absolute atomic E-state index is 11.5. The van der Waals surface area contributed by atoms with E-state index in [4.69, 9.17) is 16.3 Å². The Hall–Kier alpha value is -1.22. The van der Waals surface area contributed by atoms with Crippen molar-refractivity contribution < 1.29 is 9.53 Å². The SMILES string of the molecule is CC.COc1ccc2c(c1)N(C(=O)CCl)CC2. The van der Waals surface area contributed by atoms with Crippen LogP contribution in [-0.2, 0) is 11.2 Å². The van der Waals surface area contributed by atoms with Gasteiger partial charge in [0.05, 0.1) is 12.8 Å². The van der Waals surface area contributed by atoms with Crippen molar-refractivity contribution in [2.75, 3.05) is 24.4 Å². The Bertz CT molecular complexity index is 393. The summed E-state index contributed by atoms with van der Waals surface area (Å²) in [5.74, 6) is 0.739. The molecule has 0 radical (unpaired) electrons. The molecule has 0 unspecified atom stereocenters. The molecule has 1 aliphatic rings. The summed E-state index contributed by atoms with van der Waals surface area (Å²) in [6.07, 6.45) is 0.891. The van der Waals surface area contributed by atoms with Crippen LogP contribution in [0.1, 0.15) is 19.4 Å². The van der Waals surface area contributed by atoms with E-state index in [-0.39, 0.29) is 11.8 Å². The van der Waals surface area contributed by atoms with Gasteiger partial charge < -0.3 is 9.64 Å². The Labute approximate surface area is 107 Å². The maximum Gasteiger partial charge on any atom is 0.241 e. The molecule has 0 saturated carbocycles. The van der Waals surface area contributed by atoms with Crippen molar-refractivity contribution in [1.29, 1.82) is 0 Å². The number of hydrogen-bond donors (Lipinski definition) is 0. The van der Waals surface area contributed by atoms with Crippen LogP contribution in [0.15, 0.2) is 18.2 Å². The second-order valence-corrected chi connectivity index (χ2v) is 3.69. The Morgan fingerprint density at radius 3 is 2.76 bits per heavy atom. The lowest BCUT2D eigenvalue weighted by Gasteiger charge is -2.16. The lowest BCUT2D eigenvalue weighted by Crippen LogP contribution is -2.29. The van der Waals surface area contributed by atoms with Crippen molar-refractivity contribution in [2.24, 2.45) is 0 Å². The van der Waals surface area contributed by atoms with Gasteiger partial charge in [-0.2, -0.15) is 0 Å². The van der Waals surface area contributed by atoms with E-state index in [1.54, 1.807) is 12.0 Å². The number of hydrogen-bond acceptors (Lipinski definition) is 2. The number of carbonyl (C=O) groups excluding carboxylic acids is 1. The van der Waals surface area contributed by atoms with Crippen LogP contribution < -0.4 is 9.64 Å². The number of ether oxygens (including phenoxy) is 1. The Morgan fingerprint density at radius 1 is 1.47 bits per heavy atom. The van der Waals surface area contributed by atoms with Crippen molar-refractivity contribution in [3.8, 4) is 5.75 Å². The molecule has 17 heavy (non-hydrogen) atoms. The molecule has 2 rings (SSSR count). The van der Waals surface area contributed by atoms with Gasteiger partial charge in [-0.3, -0.25) is 4.79 Å². The molecular weight excluding hydrogens is 238 g/mol. The molecule has 1 aromatic carbocycles. The molecule has 94 valence electrons. The highest BCUT2D eigenvalue weighted by Crippen LogP contribution is 2.31. The van der Waals surface area contributed by atoms with E-state index in [1.807, 2.05) is 32.0 Å². The number of halogens is 1. The number of anilines is 1. The lowest BCUT2D eigenvalue weighted by atomic mass is 10.1. The average Bonchev–Trinajstić information content (AvgIpc) is 2.82. The Morgan fingerprint density at radius 2 is 2.18 bits per heavy atom. The zero-order valence-electron chi connectivity index (χ0n) is 10.5. The molecule has 1 aromatic rings. The summed E-state index contributed by atoms with van der Waals surface area (Å²) < 4.78 is 5.13. The van der Waals surface area contributed by atoms with Crippen molar-refractivity contribution in [1.82, 2.24) is 0 Å². The topological polar surface area (TPSA) is 29.5 Å². The number of fused-ring (bicyclic) bond motifs is 1. The molecule has 0 bridgehead atoms. The molecular formula is C13H18ClNO2. The highest BCUT2D eigenvalue weighted by atomic mass is 35.5. The highest BCUT2D eigenvalue weighted by Gasteiger charge is 2.24. The van der Waals surface area contributed by atoms with Gasteiger partial charge in [0.1, 0.15) is 11.6 Å². The van der Waals surface area contributed by atoms with Gasteiger partial charge in [0.2, 0.25) is 5.91 Å². The molecule has 3 nitrogen and oxygen atoms in total. The predicted molar refractivity (Wildman–Crippen MR) is 71.1 cm³/mol. The van der Waals surface area contributed by atoms with Gasteiger partial charge in [0.25, 0.3) is 0 Å². The molecule has 1 amide bonds. The molecule has 1 aliphatic heterocycles. The molecule has 0 atom stereocenters. The summed E-state index contributed by atoms with van der Waals surface area (Å²) in [4.78, 5) is 13.2. The number of methoxy groups -OCH3 is 1. The summed E-state index contributed by atoms with van der Waals surface area (Å²) in [5.41, 5.74) is 2.11.